The highest BCUT2D eigenvalue weighted by Crippen LogP contribution is 2.27. The predicted octanol–water partition coefficient (Wildman–Crippen LogP) is 3.33. The molecule has 0 bridgehead atoms. The number of methoxy groups -OCH3 is 2. The fourth-order valence-corrected chi connectivity index (χ4v) is 2.44. The Labute approximate surface area is 150 Å². The standard InChI is InChI=1S/C19H19N3O4/c1-24-14-7-5-6-13(12-14)20-17(23)10-11-18-21-19(22-26-18)15-8-3-4-9-16(15)25-2/h3-9,12H,10-11H2,1-2H3,(H,20,23). The molecule has 26 heavy (non-hydrogen) atoms. The lowest BCUT2D eigenvalue weighted by Crippen LogP contribution is -2.12. The summed E-state index contributed by atoms with van der Waals surface area (Å²) in [6.07, 6.45) is 0.572. The largest absolute Gasteiger partial charge is 0.497 e. The van der Waals surface area contributed by atoms with Crippen molar-refractivity contribution in [3.05, 3.63) is 54.4 Å². The van der Waals surface area contributed by atoms with Gasteiger partial charge in [0.1, 0.15) is 11.5 Å². The molecule has 0 saturated heterocycles. The summed E-state index contributed by atoms with van der Waals surface area (Å²) < 4.78 is 15.7. The quantitative estimate of drug-likeness (QED) is 0.701. The van der Waals surface area contributed by atoms with Crippen LogP contribution in [0.15, 0.2) is 53.1 Å². The average molecular weight is 353 g/mol. The van der Waals surface area contributed by atoms with Gasteiger partial charge in [0.15, 0.2) is 0 Å². The van der Waals surface area contributed by atoms with E-state index in [-0.39, 0.29) is 12.3 Å². The molecule has 3 aromatic rings. The number of aromatic nitrogens is 2. The molecule has 0 spiro atoms. The minimum absolute atomic E-state index is 0.143. The third-order valence-corrected chi connectivity index (χ3v) is 3.74. The van der Waals surface area contributed by atoms with Crippen molar-refractivity contribution in [1.29, 1.82) is 0 Å². The first kappa shape index (κ1) is 17.5. The van der Waals surface area contributed by atoms with Crippen LogP contribution >= 0.6 is 0 Å². The predicted molar refractivity (Wildman–Crippen MR) is 96.2 cm³/mol. The van der Waals surface area contributed by atoms with Gasteiger partial charge in [-0.15, -0.1) is 0 Å². The molecule has 0 aliphatic carbocycles. The van der Waals surface area contributed by atoms with Gasteiger partial charge in [0.2, 0.25) is 17.6 Å². The summed E-state index contributed by atoms with van der Waals surface area (Å²) in [4.78, 5) is 16.4. The molecule has 1 amide bonds. The molecule has 0 aliphatic rings. The lowest BCUT2D eigenvalue weighted by atomic mass is 10.2. The van der Waals surface area contributed by atoms with E-state index in [0.29, 0.717) is 35.3 Å². The minimum Gasteiger partial charge on any atom is -0.497 e. The Kier molecular flexibility index (Phi) is 5.48. The zero-order valence-electron chi connectivity index (χ0n) is 14.6. The fourth-order valence-electron chi connectivity index (χ4n) is 2.44. The Morgan fingerprint density at radius 1 is 1.12 bits per heavy atom. The summed E-state index contributed by atoms with van der Waals surface area (Å²) in [6, 6.07) is 14.6. The number of hydrogen-bond acceptors (Lipinski definition) is 6. The van der Waals surface area contributed by atoms with Crippen LogP contribution in [0.1, 0.15) is 12.3 Å². The number of carbonyl (C=O) groups excluding carboxylic acids is 1. The second kappa shape index (κ2) is 8.15. The van der Waals surface area contributed by atoms with Gasteiger partial charge in [-0.3, -0.25) is 4.79 Å². The molecule has 7 nitrogen and oxygen atoms in total. The van der Waals surface area contributed by atoms with Gasteiger partial charge in [0, 0.05) is 24.6 Å². The van der Waals surface area contributed by atoms with Gasteiger partial charge in [-0.2, -0.15) is 4.98 Å². The molecule has 134 valence electrons. The molecule has 0 fully saturated rings. The highest BCUT2D eigenvalue weighted by molar-refractivity contribution is 5.90. The van der Waals surface area contributed by atoms with E-state index in [1.165, 1.54) is 0 Å². The first-order valence-electron chi connectivity index (χ1n) is 8.09. The molecule has 0 atom stereocenters. The first-order valence-corrected chi connectivity index (χ1v) is 8.09. The molecule has 0 aliphatic heterocycles. The van der Waals surface area contributed by atoms with Crippen molar-refractivity contribution in [2.45, 2.75) is 12.8 Å². The Bertz CT molecular complexity index is 892. The summed E-state index contributed by atoms with van der Waals surface area (Å²) in [5.74, 6) is 2.03. The van der Waals surface area contributed by atoms with Crippen molar-refractivity contribution >= 4 is 11.6 Å². The number of hydrogen-bond donors (Lipinski definition) is 1. The second-order valence-corrected chi connectivity index (χ2v) is 5.49. The third-order valence-electron chi connectivity index (χ3n) is 3.74. The smallest absolute Gasteiger partial charge is 0.227 e. The van der Waals surface area contributed by atoms with Gasteiger partial charge in [-0.1, -0.05) is 23.4 Å². The number of anilines is 1. The third kappa shape index (κ3) is 4.18. The number of carbonyl (C=O) groups is 1. The van der Waals surface area contributed by atoms with Gasteiger partial charge in [0.05, 0.1) is 19.8 Å². The Morgan fingerprint density at radius 2 is 1.96 bits per heavy atom. The van der Waals surface area contributed by atoms with Gasteiger partial charge in [-0.25, -0.2) is 0 Å². The van der Waals surface area contributed by atoms with E-state index in [4.69, 9.17) is 14.0 Å². The number of rotatable bonds is 7. The van der Waals surface area contributed by atoms with Crippen molar-refractivity contribution in [2.24, 2.45) is 0 Å². The summed E-state index contributed by atoms with van der Waals surface area (Å²) >= 11 is 0. The molecule has 0 unspecified atom stereocenters. The monoisotopic (exact) mass is 353 g/mol. The molecule has 7 heteroatoms. The molecule has 0 saturated carbocycles. The highest BCUT2D eigenvalue weighted by Gasteiger charge is 2.14. The molecule has 0 radical (unpaired) electrons. The Morgan fingerprint density at radius 3 is 2.77 bits per heavy atom. The van der Waals surface area contributed by atoms with Crippen molar-refractivity contribution in [3.8, 4) is 22.9 Å². The lowest BCUT2D eigenvalue weighted by molar-refractivity contribution is -0.116. The van der Waals surface area contributed by atoms with Gasteiger partial charge in [0.25, 0.3) is 0 Å². The van der Waals surface area contributed by atoms with Crippen molar-refractivity contribution in [1.82, 2.24) is 10.1 Å². The molecular weight excluding hydrogens is 334 g/mol. The summed E-state index contributed by atoms with van der Waals surface area (Å²) in [6.45, 7) is 0. The van der Waals surface area contributed by atoms with Crippen LogP contribution in [0.25, 0.3) is 11.4 Å². The van der Waals surface area contributed by atoms with Crippen LogP contribution < -0.4 is 14.8 Å². The molecule has 1 aromatic heterocycles. The average Bonchev–Trinajstić information content (AvgIpc) is 3.15. The van der Waals surface area contributed by atoms with Crippen LogP contribution in [-0.2, 0) is 11.2 Å². The first-order chi connectivity index (χ1) is 12.7. The van der Waals surface area contributed by atoms with Crippen LogP contribution in [0.2, 0.25) is 0 Å². The van der Waals surface area contributed by atoms with Crippen molar-refractivity contribution in [2.75, 3.05) is 19.5 Å². The summed E-state index contributed by atoms with van der Waals surface area (Å²) in [7, 11) is 3.17. The van der Waals surface area contributed by atoms with E-state index in [1.54, 1.807) is 26.4 Å². The number of ether oxygens (including phenoxy) is 2. The van der Waals surface area contributed by atoms with Gasteiger partial charge in [-0.05, 0) is 24.3 Å². The molecule has 3 rings (SSSR count). The van der Waals surface area contributed by atoms with Gasteiger partial charge >= 0.3 is 0 Å². The van der Waals surface area contributed by atoms with E-state index < -0.39 is 0 Å². The van der Waals surface area contributed by atoms with Crippen molar-refractivity contribution < 1.29 is 18.8 Å². The van der Waals surface area contributed by atoms with Crippen LogP contribution in [0, 0.1) is 0 Å². The maximum Gasteiger partial charge on any atom is 0.227 e. The lowest BCUT2D eigenvalue weighted by Gasteiger charge is -2.06. The summed E-state index contributed by atoms with van der Waals surface area (Å²) in [5, 5.41) is 6.78. The van der Waals surface area contributed by atoms with Crippen molar-refractivity contribution in [3.63, 3.8) is 0 Å². The van der Waals surface area contributed by atoms with Gasteiger partial charge < -0.3 is 19.3 Å². The van der Waals surface area contributed by atoms with E-state index in [9.17, 15) is 4.79 Å². The SMILES string of the molecule is COc1cccc(NC(=O)CCc2nc(-c3ccccc3OC)no2)c1. The summed E-state index contributed by atoms with van der Waals surface area (Å²) in [5.41, 5.74) is 1.42. The maximum absolute atomic E-state index is 12.1. The highest BCUT2D eigenvalue weighted by atomic mass is 16.5. The fraction of sp³-hybridized carbons (Fsp3) is 0.211. The number of amides is 1. The van der Waals surface area contributed by atoms with E-state index >= 15 is 0 Å². The molecule has 1 heterocycles. The molecule has 2 aromatic carbocycles. The van der Waals surface area contributed by atoms with E-state index in [0.717, 1.165) is 5.56 Å². The molecular formula is C19H19N3O4. The zero-order valence-corrected chi connectivity index (χ0v) is 14.6. The van der Waals surface area contributed by atoms with Crippen LogP contribution in [-0.4, -0.2) is 30.3 Å². The topological polar surface area (TPSA) is 86.5 Å². The number of nitrogens with one attached hydrogen (secondary N) is 1. The van der Waals surface area contributed by atoms with E-state index in [2.05, 4.69) is 15.5 Å². The Balaban J connectivity index is 1.60. The Hall–Kier alpha value is -3.35. The number of benzene rings is 2. The molecule has 1 N–H and O–H groups in total. The normalized spacial score (nSPS) is 10.4. The van der Waals surface area contributed by atoms with Crippen LogP contribution in [0.5, 0.6) is 11.5 Å². The number of aryl methyl sites for hydroxylation is 1. The maximum atomic E-state index is 12.1. The second-order valence-electron chi connectivity index (χ2n) is 5.49. The number of nitrogens with zero attached hydrogens (tertiary/aromatic N) is 2. The van der Waals surface area contributed by atoms with Crippen LogP contribution in [0.4, 0.5) is 5.69 Å². The van der Waals surface area contributed by atoms with E-state index in [1.807, 2.05) is 36.4 Å². The van der Waals surface area contributed by atoms with Crippen LogP contribution in [0.3, 0.4) is 0 Å². The zero-order chi connectivity index (χ0) is 18.4. The minimum atomic E-state index is -0.143. The number of para-hydroxylation sites is 1.